The van der Waals surface area contributed by atoms with Crippen LogP contribution in [-0.2, 0) is 0 Å². The lowest BCUT2D eigenvalue weighted by atomic mass is 10.3. The molecule has 2 rings (SSSR count). The molecule has 0 saturated carbocycles. The van der Waals surface area contributed by atoms with Crippen molar-refractivity contribution >= 4 is 33.8 Å². The summed E-state index contributed by atoms with van der Waals surface area (Å²) in [6, 6.07) is 7.55. The zero-order valence-electron chi connectivity index (χ0n) is 7.52. The Balaban J connectivity index is 2.49. The predicted octanol–water partition coefficient (Wildman–Crippen LogP) is 3.10. The summed E-state index contributed by atoms with van der Waals surface area (Å²) < 4.78 is 2.63. The van der Waals surface area contributed by atoms with Crippen molar-refractivity contribution in [3.8, 4) is 5.69 Å². The number of hydrogen-bond donors (Lipinski definition) is 0. The molecule has 0 saturated heterocycles. The van der Waals surface area contributed by atoms with Gasteiger partial charge in [0.05, 0.1) is 0 Å². The molecule has 0 N–H and O–H groups in total. The quantitative estimate of drug-likeness (QED) is 0.795. The van der Waals surface area contributed by atoms with Crippen LogP contribution in [0.1, 0.15) is 10.5 Å². The summed E-state index contributed by atoms with van der Waals surface area (Å²) in [6.45, 7) is 0. The minimum absolute atomic E-state index is 0.250. The fourth-order valence-corrected chi connectivity index (χ4v) is 1.71. The van der Waals surface area contributed by atoms with Gasteiger partial charge in [-0.25, -0.2) is 4.98 Å². The number of hydrogen-bond acceptors (Lipinski definition) is 2. The molecule has 3 nitrogen and oxygen atoms in total. The lowest BCUT2D eigenvalue weighted by molar-refractivity contribution is 0.111. The maximum absolute atomic E-state index is 10.6. The molecule has 1 aromatic carbocycles. The lowest BCUT2D eigenvalue weighted by Crippen LogP contribution is -1.91. The Morgan fingerprint density at radius 2 is 2.00 bits per heavy atom. The first kappa shape index (κ1) is 10.4. The van der Waals surface area contributed by atoms with Crippen molar-refractivity contribution in [1.82, 2.24) is 9.55 Å². The average molecular weight is 286 g/mol. The number of aldehydes is 1. The van der Waals surface area contributed by atoms with Gasteiger partial charge in [-0.2, -0.15) is 0 Å². The molecule has 0 aliphatic rings. The molecule has 0 bridgehead atoms. The van der Waals surface area contributed by atoms with Crippen LogP contribution in [0.25, 0.3) is 5.69 Å². The third kappa shape index (κ3) is 1.96. The first-order chi connectivity index (χ1) is 7.22. The summed E-state index contributed by atoms with van der Waals surface area (Å²) in [4.78, 5) is 14.4. The second-order valence-corrected chi connectivity index (χ2v) is 4.16. The molecule has 0 radical (unpaired) electrons. The Morgan fingerprint density at radius 1 is 1.33 bits per heavy atom. The second kappa shape index (κ2) is 4.16. The molecule has 0 unspecified atom stereocenters. The summed E-state index contributed by atoms with van der Waals surface area (Å²) in [5, 5.41) is 0.326. The van der Waals surface area contributed by atoms with E-state index in [4.69, 9.17) is 11.6 Å². The molecule has 0 amide bonds. The Labute approximate surface area is 99.8 Å². The highest BCUT2D eigenvalue weighted by molar-refractivity contribution is 9.10. The molecular weight excluding hydrogens is 279 g/mol. The first-order valence-corrected chi connectivity index (χ1v) is 5.33. The van der Waals surface area contributed by atoms with E-state index in [0.29, 0.717) is 11.4 Å². The highest BCUT2D eigenvalue weighted by Crippen LogP contribution is 2.20. The summed E-state index contributed by atoms with van der Waals surface area (Å²) in [5.41, 5.74) is 1.11. The van der Waals surface area contributed by atoms with Crippen LogP contribution in [-0.4, -0.2) is 15.8 Å². The molecule has 2 aromatic rings. The maximum Gasteiger partial charge on any atom is 0.171 e. The van der Waals surface area contributed by atoms with Crippen molar-refractivity contribution in [1.29, 1.82) is 0 Å². The molecule has 0 aliphatic carbocycles. The Hall–Kier alpha value is -1.13. The van der Waals surface area contributed by atoms with Crippen LogP contribution in [0, 0.1) is 0 Å². The van der Waals surface area contributed by atoms with Crippen molar-refractivity contribution in [3.05, 3.63) is 45.9 Å². The molecule has 5 heteroatoms. The lowest BCUT2D eigenvalue weighted by Gasteiger charge is -2.03. The molecule has 0 fully saturated rings. The highest BCUT2D eigenvalue weighted by atomic mass is 79.9. The van der Waals surface area contributed by atoms with E-state index in [0.717, 1.165) is 10.2 Å². The highest BCUT2D eigenvalue weighted by Gasteiger charge is 2.08. The van der Waals surface area contributed by atoms with Gasteiger partial charge >= 0.3 is 0 Å². The topological polar surface area (TPSA) is 34.9 Å². The van der Waals surface area contributed by atoms with E-state index in [1.54, 1.807) is 4.57 Å². The molecule has 0 atom stereocenters. The third-order valence-electron chi connectivity index (χ3n) is 1.95. The zero-order valence-corrected chi connectivity index (χ0v) is 9.86. The van der Waals surface area contributed by atoms with Crippen LogP contribution >= 0.6 is 27.5 Å². The van der Waals surface area contributed by atoms with Crippen molar-refractivity contribution in [3.63, 3.8) is 0 Å². The number of carbonyl (C=O) groups is 1. The summed E-state index contributed by atoms with van der Waals surface area (Å²) in [7, 11) is 0. The number of halogens is 2. The number of aromatic nitrogens is 2. The molecule has 0 aliphatic heterocycles. The average Bonchev–Trinajstić information content (AvgIpc) is 2.61. The summed E-state index contributed by atoms with van der Waals surface area (Å²) in [5.74, 6) is 0. The number of carbonyl (C=O) groups excluding carboxylic acids is 1. The monoisotopic (exact) mass is 284 g/mol. The molecule has 15 heavy (non-hydrogen) atoms. The van der Waals surface area contributed by atoms with Crippen molar-refractivity contribution in [2.45, 2.75) is 0 Å². The predicted molar refractivity (Wildman–Crippen MR) is 61.7 cm³/mol. The molecule has 76 valence electrons. The van der Waals surface area contributed by atoms with Crippen molar-refractivity contribution < 1.29 is 4.79 Å². The van der Waals surface area contributed by atoms with Gasteiger partial charge in [0.25, 0.3) is 0 Å². The smallest absolute Gasteiger partial charge is 0.171 e. The van der Waals surface area contributed by atoms with E-state index >= 15 is 0 Å². The third-order valence-corrected chi connectivity index (χ3v) is 2.86. The van der Waals surface area contributed by atoms with E-state index in [2.05, 4.69) is 20.9 Å². The maximum atomic E-state index is 10.6. The molecule has 1 heterocycles. The van der Waals surface area contributed by atoms with Gasteiger partial charge in [0.1, 0.15) is 17.2 Å². The molecule has 0 spiro atoms. The Bertz CT molecular complexity index is 493. The Morgan fingerprint density at radius 3 is 2.53 bits per heavy atom. The SMILES string of the molecule is O=Cc1ncn(-c2ccc(Br)cc2)c1Cl. The Kier molecular flexibility index (Phi) is 2.88. The van der Waals surface area contributed by atoms with Gasteiger partial charge in [-0.15, -0.1) is 0 Å². The van der Waals surface area contributed by atoms with Gasteiger partial charge in [0, 0.05) is 10.2 Å². The normalized spacial score (nSPS) is 10.3. The van der Waals surface area contributed by atoms with Gasteiger partial charge in [-0.1, -0.05) is 27.5 Å². The van der Waals surface area contributed by atoms with Gasteiger partial charge in [0.2, 0.25) is 0 Å². The van der Waals surface area contributed by atoms with Crippen LogP contribution in [0.3, 0.4) is 0 Å². The second-order valence-electron chi connectivity index (χ2n) is 2.88. The fourth-order valence-electron chi connectivity index (χ4n) is 1.21. The van der Waals surface area contributed by atoms with Gasteiger partial charge in [0.15, 0.2) is 6.29 Å². The van der Waals surface area contributed by atoms with Crippen molar-refractivity contribution in [2.24, 2.45) is 0 Å². The van der Waals surface area contributed by atoms with Gasteiger partial charge < -0.3 is 0 Å². The van der Waals surface area contributed by atoms with E-state index in [1.165, 1.54) is 6.33 Å². The number of benzene rings is 1. The number of imidazole rings is 1. The standard InChI is InChI=1S/C10H6BrClN2O/c11-7-1-3-8(4-2-7)14-6-13-9(5-15)10(14)12/h1-6H. The first-order valence-electron chi connectivity index (χ1n) is 4.16. The number of rotatable bonds is 2. The summed E-state index contributed by atoms with van der Waals surface area (Å²) in [6.07, 6.45) is 2.16. The minimum Gasteiger partial charge on any atom is -0.296 e. The van der Waals surface area contributed by atoms with Crippen LogP contribution in [0.15, 0.2) is 35.1 Å². The van der Waals surface area contributed by atoms with Crippen molar-refractivity contribution in [2.75, 3.05) is 0 Å². The van der Waals surface area contributed by atoms with Gasteiger partial charge in [-0.05, 0) is 24.3 Å². The zero-order chi connectivity index (χ0) is 10.8. The van der Waals surface area contributed by atoms with E-state index in [9.17, 15) is 4.79 Å². The van der Waals surface area contributed by atoms with Gasteiger partial charge in [-0.3, -0.25) is 9.36 Å². The van der Waals surface area contributed by atoms with Crippen LogP contribution in [0.4, 0.5) is 0 Å². The largest absolute Gasteiger partial charge is 0.296 e. The van der Waals surface area contributed by atoms with E-state index in [1.807, 2.05) is 24.3 Å². The van der Waals surface area contributed by atoms with E-state index < -0.39 is 0 Å². The van der Waals surface area contributed by atoms with Crippen LogP contribution < -0.4 is 0 Å². The number of nitrogens with zero attached hydrogens (tertiary/aromatic N) is 2. The minimum atomic E-state index is 0.250. The van der Waals surface area contributed by atoms with Crippen LogP contribution in [0.2, 0.25) is 5.15 Å². The molecule has 1 aromatic heterocycles. The molecular formula is C10H6BrClN2O. The summed E-state index contributed by atoms with van der Waals surface area (Å²) >= 11 is 9.30. The van der Waals surface area contributed by atoms with E-state index in [-0.39, 0.29) is 5.69 Å². The van der Waals surface area contributed by atoms with Crippen LogP contribution in [0.5, 0.6) is 0 Å². The fraction of sp³-hybridized carbons (Fsp3) is 0.